The molecule has 0 aromatic carbocycles. The summed E-state index contributed by atoms with van der Waals surface area (Å²) in [5.41, 5.74) is 2.22. The molecule has 1 aromatic rings. The van der Waals surface area contributed by atoms with Crippen LogP contribution in [0, 0.1) is 16.7 Å². The van der Waals surface area contributed by atoms with Crippen LogP contribution in [0.1, 0.15) is 22.5 Å². The number of amides is 1. The van der Waals surface area contributed by atoms with Crippen molar-refractivity contribution in [1.29, 1.82) is 0 Å². The number of hydrogen-bond acceptors (Lipinski definition) is 9. The Morgan fingerprint density at radius 1 is 1.37 bits per heavy atom. The number of pyridine rings is 1. The molecule has 4 N–H and O–H groups in total. The van der Waals surface area contributed by atoms with Crippen LogP contribution < -0.4 is 5.73 Å². The molecule has 0 bridgehead atoms. The van der Waals surface area contributed by atoms with E-state index in [1.54, 1.807) is 32.4 Å². The van der Waals surface area contributed by atoms with Crippen LogP contribution >= 0.6 is 0 Å². The van der Waals surface area contributed by atoms with Crippen molar-refractivity contribution < 1.29 is 24.6 Å². The number of carbonyl (C=O) groups excluding carboxylic acids is 3. The van der Waals surface area contributed by atoms with E-state index in [9.17, 15) is 29.5 Å². The first-order valence-electron chi connectivity index (χ1n) is 9.37. The zero-order valence-corrected chi connectivity index (χ0v) is 16.3. The first kappa shape index (κ1) is 20.0. The molecule has 0 radical (unpaired) electrons. The van der Waals surface area contributed by atoms with E-state index in [0.717, 1.165) is 0 Å². The third-order valence-corrected chi connectivity index (χ3v) is 6.31. The highest BCUT2D eigenvalue weighted by atomic mass is 16.3. The normalized spacial score (nSPS) is 30.7. The Bertz CT molecular complexity index is 1070. The van der Waals surface area contributed by atoms with Crippen molar-refractivity contribution in [2.45, 2.75) is 24.5 Å². The molecule has 10 heteroatoms. The molecule has 3 aliphatic carbocycles. The van der Waals surface area contributed by atoms with Gasteiger partial charge in [-0.25, -0.2) is 0 Å². The number of allylic oxidation sites excluding steroid dienone is 1. The van der Waals surface area contributed by atoms with Crippen LogP contribution in [0.2, 0.25) is 0 Å². The van der Waals surface area contributed by atoms with Crippen molar-refractivity contribution in [3.63, 3.8) is 0 Å². The summed E-state index contributed by atoms with van der Waals surface area (Å²) in [5, 5.41) is 25.3. The van der Waals surface area contributed by atoms with E-state index < -0.39 is 58.0 Å². The Balaban J connectivity index is 2.03. The van der Waals surface area contributed by atoms with Crippen molar-refractivity contribution >= 4 is 17.5 Å². The number of primary amides is 1. The minimum atomic E-state index is -2.49. The number of aliphatic hydroxyl groups excluding tert-OH is 1. The van der Waals surface area contributed by atoms with Crippen LogP contribution in [0.5, 0.6) is 0 Å². The molecular formula is C20H20N4O6. The highest BCUT2D eigenvalue weighted by Crippen LogP contribution is 2.53. The van der Waals surface area contributed by atoms with E-state index in [4.69, 9.17) is 5.73 Å². The lowest BCUT2D eigenvalue weighted by atomic mass is 9.59. The van der Waals surface area contributed by atoms with Crippen molar-refractivity contribution in [1.82, 2.24) is 9.88 Å². The maximum absolute atomic E-state index is 13.2. The number of Topliss-reactive ketones (excluding diaryl/α,β-unsaturated/α-hetero) is 2. The molecule has 10 nitrogen and oxygen atoms in total. The smallest absolute Gasteiger partial charge is 0.255 e. The second kappa shape index (κ2) is 6.64. The summed E-state index contributed by atoms with van der Waals surface area (Å²) in [7, 11) is 3.14. The van der Waals surface area contributed by atoms with Gasteiger partial charge in [0.25, 0.3) is 5.91 Å². The summed E-state index contributed by atoms with van der Waals surface area (Å²) in [5.74, 6) is -5.11. The Labute approximate surface area is 171 Å². The van der Waals surface area contributed by atoms with Gasteiger partial charge in [-0.3, -0.25) is 24.3 Å². The van der Waals surface area contributed by atoms with Gasteiger partial charge in [0.15, 0.2) is 17.2 Å². The summed E-state index contributed by atoms with van der Waals surface area (Å²) in [6.45, 7) is 0. The summed E-state index contributed by atoms with van der Waals surface area (Å²) < 4.78 is 0. The molecule has 1 aromatic heterocycles. The number of aromatic nitrogens is 1. The molecule has 4 rings (SSSR count). The molecule has 1 amide bonds. The molecule has 3 aliphatic rings. The van der Waals surface area contributed by atoms with Crippen molar-refractivity contribution in [2.75, 3.05) is 14.1 Å². The van der Waals surface area contributed by atoms with Crippen LogP contribution in [-0.4, -0.2) is 63.3 Å². The lowest BCUT2D eigenvalue weighted by molar-refractivity contribution is -0.134. The maximum Gasteiger partial charge on any atom is 0.255 e. The Hall–Kier alpha value is -3.24. The SMILES string of the molecule is CN(C)[C@@H]1C(=O)C(C(N)=O)=C(O)[C@@]2(O)C(N=O)=C3C(=O)c4cccnc4CC3C[C@@H]12. The van der Waals surface area contributed by atoms with E-state index in [1.807, 2.05) is 0 Å². The Morgan fingerprint density at radius 2 is 2.07 bits per heavy atom. The van der Waals surface area contributed by atoms with Gasteiger partial charge in [0, 0.05) is 23.3 Å². The monoisotopic (exact) mass is 412 g/mol. The predicted molar refractivity (Wildman–Crippen MR) is 103 cm³/mol. The van der Waals surface area contributed by atoms with Gasteiger partial charge in [-0.2, -0.15) is 0 Å². The third kappa shape index (κ3) is 2.44. The number of carbonyl (C=O) groups is 3. The fourth-order valence-corrected chi connectivity index (χ4v) is 5.07. The Kier molecular flexibility index (Phi) is 4.44. The topological polar surface area (TPSA) is 163 Å². The fraction of sp³-hybridized carbons (Fsp3) is 0.400. The van der Waals surface area contributed by atoms with Crippen LogP contribution in [-0.2, 0) is 16.0 Å². The van der Waals surface area contributed by atoms with E-state index >= 15 is 0 Å². The number of aliphatic hydroxyl groups is 2. The number of nitrogens with zero attached hydrogens (tertiary/aromatic N) is 3. The van der Waals surface area contributed by atoms with Crippen LogP contribution in [0.4, 0.5) is 0 Å². The van der Waals surface area contributed by atoms with Gasteiger partial charge in [0.1, 0.15) is 17.0 Å². The first-order chi connectivity index (χ1) is 14.1. The molecule has 1 unspecified atom stereocenters. The molecule has 0 fully saturated rings. The van der Waals surface area contributed by atoms with Crippen molar-refractivity contribution in [2.24, 2.45) is 22.7 Å². The molecule has 0 aliphatic heterocycles. The summed E-state index contributed by atoms with van der Waals surface area (Å²) >= 11 is 0. The largest absolute Gasteiger partial charge is 0.508 e. The molecule has 0 saturated heterocycles. The van der Waals surface area contributed by atoms with Crippen LogP contribution in [0.3, 0.4) is 0 Å². The minimum Gasteiger partial charge on any atom is -0.508 e. The number of nitroso groups, excluding NO2 is 1. The van der Waals surface area contributed by atoms with Crippen LogP contribution in [0.15, 0.2) is 46.1 Å². The first-order valence-corrected chi connectivity index (χ1v) is 9.37. The lowest BCUT2D eigenvalue weighted by Crippen LogP contribution is -2.62. The molecule has 0 spiro atoms. The second-order valence-electron chi connectivity index (χ2n) is 8.05. The average Bonchev–Trinajstić information content (AvgIpc) is 2.68. The van der Waals surface area contributed by atoms with E-state index in [0.29, 0.717) is 12.1 Å². The molecule has 156 valence electrons. The number of likely N-dealkylation sites (N-methyl/N-ethyl adjacent to an activating group) is 1. The van der Waals surface area contributed by atoms with Gasteiger partial charge in [0.2, 0.25) is 0 Å². The van der Waals surface area contributed by atoms with E-state index in [1.165, 1.54) is 4.90 Å². The molecule has 4 atom stereocenters. The van der Waals surface area contributed by atoms with Crippen molar-refractivity contribution in [3.8, 4) is 0 Å². The van der Waals surface area contributed by atoms with Gasteiger partial charge in [-0.05, 0) is 50.2 Å². The standard InChI is InChI=1S/C20H20N4O6/c1-24(2)14-10-6-8-7-11-9(4-3-5-22-11)15(25)12(8)17(23-30)20(10,29)18(27)13(16(14)26)19(21)28/h3-5,8,10,14,27,29H,6-7H2,1-2H3,(H2,21,28)/t8?,10-,14-,20-/m0/s1. The van der Waals surface area contributed by atoms with Gasteiger partial charge in [-0.15, -0.1) is 4.91 Å². The molecular weight excluding hydrogens is 392 g/mol. The highest BCUT2D eigenvalue weighted by Gasteiger charge is 2.62. The van der Waals surface area contributed by atoms with Gasteiger partial charge in [0.05, 0.1) is 11.7 Å². The van der Waals surface area contributed by atoms with Crippen LogP contribution in [0.25, 0.3) is 0 Å². The fourth-order valence-electron chi connectivity index (χ4n) is 5.07. The highest BCUT2D eigenvalue weighted by molar-refractivity contribution is 6.22. The second-order valence-corrected chi connectivity index (χ2v) is 8.05. The summed E-state index contributed by atoms with van der Waals surface area (Å²) in [6.07, 6.45) is 1.96. The van der Waals surface area contributed by atoms with E-state index in [2.05, 4.69) is 10.2 Å². The number of fused-ring (bicyclic) bond motifs is 3. The zero-order valence-electron chi connectivity index (χ0n) is 16.3. The average molecular weight is 412 g/mol. The van der Waals surface area contributed by atoms with Crippen molar-refractivity contribution in [3.05, 3.63) is 57.1 Å². The van der Waals surface area contributed by atoms with Gasteiger partial charge >= 0.3 is 0 Å². The summed E-state index contributed by atoms with van der Waals surface area (Å²) in [6, 6.07) is 2.08. The van der Waals surface area contributed by atoms with Gasteiger partial charge in [-0.1, -0.05) is 0 Å². The molecule has 0 saturated carbocycles. The zero-order chi connectivity index (χ0) is 22.0. The molecule has 1 heterocycles. The predicted octanol–water partition coefficient (Wildman–Crippen LogP) is 0.0184. The molecule has 30 heavy (non-hydrogen) atoms. The Morgan fingerprint density at radius 3 is 2.67 bits per heavy atom. The number of rotatable bonds is 3. The minimum absolute atomic E-state index is 0.0357. The third-order valence-electron chi connectivity index (χ3n) is 6.31. The number of ketones is 2. The number of hydrogen-bond donors (Lipinski definition) is 3. The maximum atomic E-state index is 13.2. The van der Waals surface area contributed by atoms with Gasteiger partial charge < -0.3 is 15.9 Å². The van der Waals surface area contributed by atoms with E-state index in [-0.39, 0.29) is 17.6 Å². The lowest BCUT2D eigenvalue weighted by Gasteiger charge is -2.50. The number of nitrogens with two attached hydrogens (primary N) is 1. The summed E-state index contributed by atoms with van der Waals surface area (Å²) in [4.78, 5) is 55.7. The quantitative estimate of drug-likeness (QED) is 0.462.